The molecule has 29 heavy (non-hydrogen) atoms. The number of aromatic nitrogens is 2. The number of thiophene rings is 1. The Balaban J connectivity index is 1.17. The number of nitrogens with zero attached hydrogens (tertiary/aromatic N) is 3. The van der Waals surface area contributed by atoms with Crippen molar-refractivity contribution in [2.45, 2.75) is 25.7 Å². The first-order chi connectivity index (χ1) is 14.2. The van der Waals surface area contributed by atoms with Gasteiger partial charge in [0.2, 0.25) is 17.6 Å². The molecule has 0 saturated carbocycles. The number of likely N-dealkylation sites (tertiary alicyclic amines) is 1. The molecule has 0 atom stereocenters. The Hall–Kier alpha value is -2.58. The predicted octanol–water partition coefficient (Wildman–Crippen LogP) is 4.22. The van der Waals surface area contributed by atoms with E-state index >= 15 is 0 Å². The van der Waals surface area contributed by atoms with Crippen LogP contribution in [0, 0.1) is 11.7 Å². The van der Waals surface area contributed by atoms with E-state index in [0.717, 1.165) is 50.2 Å². The molecule has 1 saturated heterocycles. The Morgan fingerprint density at radius 2 is 2.03 bits per heavy atom. The lowest BCUT2D eigenvalue weighted by Gasteiger charge is -2.31. The predicted molar refractivity (Wildman–Crippen MR) is 110 cm³/mol. The number of hydrogen-bond acceptors (Lipinski definition) is 6. The second kappa shape index (κ2) is 9.28. The summed E-state index contributed by atoms with van der Waals surface area (Å²) in [7, 11) is 0. The first-order valence-electron chi connectivity index (χ1n) is 9.82. The Bertz CT molecular complexity index is 919. The number of carbonyl (C=O) groups is 1. The minimum atomic E-state index is -0.306. The maximum absolute atomic E-state index is 13.0. The summed E-state index contributed by atoms with van der Waals surface area (Å²) < 4.78 is 18.3. The van der Waals surface area contributed by atoms with E-state index in [9.17, 15) is 9.18 Å². The molecule has 6 nitrogen and oxygen atoms in total. The van der Waals surface area contributed by atoms with Crippen molar-refractivity contribution in [3.05, 3.63) is 53.5 Å². The number of rotatable bonds is 7. The summed E-state index contributed by atoms with van der Waals surface area (Å²) >= 11 is 1.60. The highest BCUT2D eigenvalue weighted by atomic mass is 32.1. The van der Waals surface area contributed by atoms with E-state index in [0.29, 0.717) is 17.4 Å². The third kappa shape index (κ3) is 5.27. The normalized spacial score (nSPS) is 15.5. The molecule has 1 aliphatic heterocycles. The topological polar surface area (TPSA) is 71.3 Å². The summed E-state index contributed by atoms with van der Waals surface area (Å²) in [6, 6.07) is 9.83. The quantitative estimate of drug-likeness (QED) is 0.627. The molecule has 2 aromatic heterocycles. The summed E-state index contributed by atoms with van der Waals surface area (Å²) in [6.07, 6.45) is 3.36. The zero-order valence-corrected chi connectivity index (χ0v) is 16.8. The van der Waals surface area contributed by atoms with Gasteiger partial charge in [0.25, 0.3) is 0 Å². The largest absolute Gasteiger partial charge is 0.339 e. The molecule has 3 aromatic rings. The Kier molecular flexibility index (Phi) is 6.31. The van der Waals surface area contributed by atoms with Gasteiger partial charge in [-0.1, -0.05) is 11.2 Å². The number of halogens is 1. The first-order valence-corrected chi connectivity index (χ1v) is 10.7. The van der Waals surface area contributed by atoms with Crippen LogP contribution in [0.15, 0.2) is 46.3 Å². The molecule has 1 N–H and O–H groups in total. The van der Waals surface area contributed by atoms with Crippen LogP contribution in [0.25, 0.3) is 10.7 Å². The summed E-state index contributed by atoms with van der Waals surface area (Å²) in [5.41, 5.74) is 0.639. The lowest BCUT2D eigenvalue weighted by molar-refractivity contribution is -0.121. The molecule has 0 aliphatic carbocycles. The molecule has 0 radical (unpaired) electrons. The number of benzene rings is 1. The second-order valence-corrected chi connectivity index (χ2v) is 8.15. The van der Waals surface area contributed by atoms with Crippen LogP contribution in [0.3, 0.4) is 0 Å². The van der Waals surface area contributed by atoms with Crippen molar-refractivity contribution < 1.29 is 13.7 Å². The fourth-order valence-corrected chi connectivity index (χ4v) is 4.16. The van der Waals surface area contributed by atoms with Crippen molar-refractivity contribution >= 4 is 22.9 Å². The molecule has 0 spiro atoms. The number of anilines is 1. The van der Waals surface area contributed by atoms with Crippen molar-refractivity contribution in [1.29, 1.82) is 0 Å². The van der Waals surface area contributed by atoms with Gasteiger partial charge in [-0.15, -0.1) is 11.3 Å². The van der Waals surface area contributed by atoms with E-state index in [1.807, 2.05) is 17.5 Å². The van der Waals surface area contributed by atoms with Crippen LogP contribution in [0.2, 0.25) is 0 Å². The van der Waals surface area contributed by atoms with E-state index in [4.69, 9.17) is 4.52 Å². The molecule has 152 valence electrons. The maximum Gasteiger partial charge on any atom is 0.227 e. The van der Waals surface area contributed by atoms with Gasteiger partial charge in [-0.3, -0.25) is 4.79 Å². The Labute approximate surface area is 172 Å². The zero-order valence-electron chi connectivity index (χ0n) is 16.0. The molecule has 0 unspecified atom stereocenters. The van der Waals surface area contributed by atoms with Crippen LogP contribution in [-0.2, 0) is 11.2 Å². The van der Waals surface area contributed by atoms with Gasteiger partial charge in [-0.2, -0.15) is 4.98 Å². The molecule has 4 rings (SSSR count). The molecule has 8 heteroatoms. The van der Waals surface area contributed by atoms with E-state index < -0.39 is 0 Å². The molecular formula is C21H23FN4O2S. The number of aryl methyl sites for hydroxylation is 1. The Morgan fingerprint density at radius 1 is 1.24 bits per heavy atom. The molecule has 1 amide bonds. The van der Waals surface area contributed by atoms with E-state index in [-0.39, 0.29) is 17.6 Å². The van der Waals surface area contributed by atoms with Gasteiger partial charge in [-0.25, -0.2) is 4.39 Å². The van der Waals surface area contributed by atoms with Gasteiger partial charge < -0.3 is 14.7 Å². The van der Waals surface area contributed by atoms with Crippen LogP contribution < -0.4 is 5.32 Å². The van der Waals surface area contributed by atoms with E-state index in [2.05, 4.69) is 20.4 Å². The van der Waals surface area contributed by atoms with Crippen molar-refractivity contribution in [2.24, 2.45) is 5.92 Å². The molecule has 1 aliphatic rings. The highest BCUT2D eigenvalue weighted by molar-refractivity contribution is 7.13. The lowest BCUT2D eigenvalue weighted by Crippen LogP contribution is -2.38. The highest BCUT2D eigenvalue weighted by Gasteiger charge is 2.25. The molecule has 1 fully saturated rings. The summed E-state index contributed by atoms with van der Waals surface area (Å²) in [4.78, 5) is 20.2. The van der Waals surface area contributed by atoms with Gasteiger partial charge in [0.05, 0.1) is 4.88 Å². The molecule has 3 heterocycles. The van der Waals surface area contributed by atoms with Gasteiger partial charge in [0.1, 0.15) is 5.82 Å². The SMILES string of the molecule is O=C(Nc1ccc(F)cc1)C1CCN(CCCc2nc(-c3cccs3)no2)CC1. The van der Waals surface area contributed by atoms with Crippen LogP contribution in [0.1, 0.15) is 25.2 Å². The average molecular weight is 415 g/mol. The fourth-order valence-electron chi connectivity index (χ4n) is 3.51. The van der Waals surface area contributed by atoms with Crippen LogP contribution in [-0.4, -0.2) is 40.6 Å². The Morgan fingerprint density at radius 3 is 2.76 bits per heavy atom. The zero-order chi connectivity index (χ0) is 20.1. The third-order valence-corrected chi connectivity index (χ3v) is 6.01. The van der Waals surface area contributed by atoms with Gasteiger partial charge in [0.15, 0.2) is 0 Å². The minimum absolute atomic E-state index is 0.000553. The lowest BCUT2D eigenvalue weighted by atomic mass is 9.95. The number of carbonyl (C=O) groups excluding carboxylic acids is 1. The van der Waals surface area contributed by atoms with E-state index in [1.54, 1.807) is 23.5 Å². The number of nitrogens with one attached hydrogen (secondary N) is 1. The summed E-state index contributed by atoms with van der Waals surface area (Å²) in [5, 5.41) is 8.91. The second-order valence-electron chi connectivity index (χ2n) is 7.20. The van der Waals surface area contributed by atoms with E-state index in [1.165, 1.54) is 12.1 Å². The number of amides is 1. The smallest absolute Gasteiger partial charge is 0.227 e. The molecule has 0 bridgehead atoms. The fraction of sp³-hybridized carbons (Fsp3) is 0.381. The summed E-state index contributed by atoms with van der Waals surface area (Å²) in [5.74, 6) is 1.04. The van der Waals surface area contributed by atoms with Crippen molar-refractivity contribution in [3.8, 4) is 10.7 Å². The first kappa shape index (κ1) is 19.7. The molecular weight excluding hydrogens is 391 g/mol. The van der Waals surface area contributed by atoms with Gasteiger partial charge in [0, 0.05) is 18.0 Å². The third-order valence-electron chi connectivity index (χ3n) is 5.14. The number of hydrogen-bond donors (Lipinski definition) is 1. The standard InChI is InChI=1S/C21H23FN4O2S/c22-16-5-7-17(8-6-16)23-21(27)15-9-12-26(13-10-15)11-1-4-19-24-20(25-28-19)18-3-2-14-29-18/h2-3,5-8,14-15H,1,4,9-13H2,(H,23,27). The molecule has 1 aromatic carbocycles. The van der Waals surface area contributed by atoms with Crippen molar-refractivity contribution in [1.82, 2.24) is 15.0 Å². The maximum atomic E-state index is 13.0. The highest BCUT2D eigenvalue weighted by Crippen LogP contribution is 2.22. The average Bonchev–Trinajstić information content (AvgIpc) is 3.42. The monoisotopic (exact) mass is 414 g/mol. The van der Waals surface area contributed by atoms with Crippen LogP contribution in [0.4, 0.5) is 10.1 Å². The minimum Gasteiger partial charge on any atom is -0.339 e. The van der Waals surface area contributed by atoms with Gasteiger partial charge in [-0.05, 0) is 74.6 Å². The van der Waals surface area contributed by atoms with Crippen LogP contribution in [0.5, 0.6) is 0 Å². The van der Waals surface area contributed by atoms with Crippen LogP contribution >= 0.6 is 11.3 Å². The van der Waals surface area contributed by atoms with Crippen molar-refractivity contribution in [2.75, 3.05) is 25.0 Å². The van der Waals surface area contributed by atoms with Gasteiger partial charge >= 0.3 is 0 Å². The summed E-state index contributed by atoms with van der Waals surface area (Å²) in [6.45, 7) is 2.74. The van der Waals surface area contributed by atoms with Crippen molar-refractivity contribution in [3.63, 3.8) is 0 Å². The number of piperidine rings is 1.